The van der Waals surface area contributed by atoms with Gasteiger partial charge in [0.25, 0.3) is 0 Å². The van der Waals surface area contributed by atoms with Gasteiger partial charge >= 0.3 is 33.1 Å². The molecule has 0 aliphatic heterocycles. The Bertz CT molecular complexity index is 194. The summed E-state index contributed by atoms with van der Waals surface area (Å²) in [5.74, 6) is 0. The second-order valence-electron chi connectivity index (χ2n) is 4.23. The molecule has 0 heterocycles. The Kier molecular flexibility index (Phi) is 27.2. The van der Waals surface area contributed by atoms with Gasteiger partial charge in [0.05, 0.1) is 0 Å². The molecule has 0 spiro atoms. The molecule has 19 heavy (non-hydrogen) atoms. The third-order valence-electron chi connectivity index (χ3n) is 2.39. The Balaban J connectivity index is -0.000000256. The second-order valence-corrected chi connectivity index (χ2v) is 6.46. The molecule has 0 aromatic heterocycles. The van der Waals surface area contributed by atoms with E-state index in [1.165, 1.54) is 0 Å². The van der Waals surface area contributed by atoms with Crippen molar-refractivity contribution in [3.8, 4) is 0 Å². The SMILES string of the molecule is CCCCCC[P+](=O)[O-].CCCCCC[P+](=O)[O-].[Fe+2]. The van der Waals surface area contributed by atoms with Gasteiger partial charge in [-0.25, -0.2) is 0 Å². The minimum Gasteiger partial charge on any atom is -0.596 e. The van der Waals surface area contributed by atoms with Crippen molar-refractivity contribution in [1.29, 1.82) is 0 Å². The average molecular weight is 352 g/mol. The van der Waals surface area contributed by atoms with Gasteiger partial charge in [-0.05, 0) is 25.7 Å². The molecule has 0 aromatic rings. The molecule has 0 bridgehead atoms. The Hall–Kier alpha value is 0.639. The van der Waals surface area contributed by atoms with Crippen molar-refractivity contribution in [3.63, 3.8) is 0 Å². The zero-order valence-corrected chi connectivity index (χ0v) is 14.8. The predicted molar refractivity (Wildman–Crippen MR) is 73.2 cm³/mol. The zero-order chi connectivity index (χ0) is 14.2. The number of hydrogen-bond acceptors (Lipinski definition) is 4. The molecular weight excluding hydrogens is 326 g/mol. The van der Waals surface area contributed by atoms with E-state index in [1.54, 1.807) is 0 Å². The van der Waals surface area contributed by atoms with E-state index in [4.69, 9.17) is 0 Å². The Morgan fingerprint density at radius 2 is 1.00 bits per heavy atom. The first-order chi connectivity index (χ1) is 8.54. The summed E-state index contributed by atoms with van der Waals surface area (Å²) in [5, 5.41) is 0. The van der Waals surface area contributed by atoms with Crippen LogP contribution in [0, 0.1) is 0 Å². The van der Waals surface area contributed by atoms with Crippen LogP contribution >= 0.6 is 16.1 Å². The van der Waals surface area contributed by atoms with E-state index in [1.807, 2.05) is 0 Å². The molecule has 0 amide bonds. The maximum Gasteiger partial charge on any atom is 2.00 e. The first kappa shape index (κ1) is 24.6. The van der Waals surface area contributed by atoms with Crippen LogP contribution in [0.2, 0.25) is 0 Å². The first-order valence-corrected chi connectivity index (χ1v) is 9.50. The molecule has 0 fully saturated rings. The van der Waals surface area contributed by atoms with Gasteiger partial charge in [-0.2, -0.15) is 0 Å². The molecule has 7 heteroatoms. The maximum absolute atomic E-state index is 10.00. The molecule has 0 radical (unpaired) electrons. The van der Waals surface area contributed by atoms with Crippen LogP contribution in [0.1, 0.15) is 65.2 Å². The summed E-state index contributed by atoms with van der Waals surface area (Å²) in [4.78, 5) is 20.0. The third-order valence-corrected chi connectivity index (χ3v) is 3.75. The van der Waals surface area contributed by atoms with E-state index in [-0.39, 0.29) is 17.1 Å². The van der Waals surface area contributed by atoms with Gasteiger partial charge < -0.3 is 9.79 Å². The average Bonchev–Trinajstić information content (AvgIpc) is 2.31. The topological polar surface area (TPSA) is 80.3 Å². The van der Waals surface area contributed by atoms with E-state index in [0.29, 0.717) is 12.3 Å². The Morgan fingerprint density at radius 1 is 0.684 bits per heavy atom. The molecular formula is C12H26FeO4P2+2. The van der Waals surface area contributed by atoms with Crippen molar-refractivity contribution in [2.45, 2.75) is 65.2 Å². The summed E-state index contributed by atoms with van der Waals surface area (Å²) in [6.07, 6.45) is 9.17. The fourth-order valence-corrected chi connectivity index (χ4v) is 2.30. The van der Waals surface area contributed by atoms with Gasteiger partial charge in [0.15, 0.2) is 0 Å². The Labute approximate surface area is 130 Å². The molecule has 0 saturated carbocycles. The molecule has 2 atom stereocenters. The van der Waals surface area contributed by atoms with Crippen molar-refractivity contribution in [2.24, 2.45) is 0 Å². The summed E-state index contributed by atoms with van der Waals surface area (Å²) in [6.45, 7) is 4.22. The van der Waals surface area contributed by atoms with E-state index < -0.39 is 16.1 Å². The smallest absolute Gasteiger partial charge is 0.596 e. The molecule has 0 N–H and O–H groups in total. The molecule has 4 nitrogen and oxygen atoms in total. The molecule has 0 saturated heterocycles. The van der Waals surface area contributed by atoms with Crippen molar-refractivity contribution >= 4 is 16.1 Å². The minimum atomic E-state index is -2.12. The van der Waals surface area contributed by atoms with Crippen LogP contribution in [0.3, 0.4) is 0 Å². The Morgan fingerprint density at radius 3 is 1.21 bits per heavy atom. The van der Waals surface area contributed by atoms with Gasteiger partial charge in [0.2, 0.25) is 0 Å². The normalized spacial score (nSPS) is 10.9. The fraction of sp³-hybridized carbons (Fsp3) is 1.00. The zero-order valence-electron chi connectivity index (χ0n) is 12.0. The monoisotopic (exact) mass is 352 g/mol. The van der Waals surface area contributed by atoms with Crippen LogP contribution in [-0.4, -0.2) is 12.3 Å². The van der Waals surface area contributed by atoms with E-state index in [0.717, 1.165) is 51.4 Å². The van der Waals surface area contributed by atoms with Crippen LogP contribution in [-0.2, 0) is 26.2 Å². The standard InChI is InChI=1S/2C6H13O2P.Fe/c2*1-2-3-4-5-6-9(7)8;/h2*2-6H2,1H3;/q;;+2. The van der Waals surface area contributed by atoms with Crippen molar-refractivity contribution in [1.82, 2.24) is 0 Å². The van der Waals surface area contributed by atoms with E-state index >= 15 is 0 Å². The predicted octanol–water partition coefficient (Wildman–Crippen LogP) is 3.34. The molecule has 0 aromatic carbocycles. The van der Waals surface area contributed by atoms with Gasteiger partial charge in [0, 0.05) is 0 Å². The van der Waals surface area contributed by atoms with Crippen molar-refractivity contribution < 1.29 is 36.0 Å². The quantitative estimate of drug-likeness (QED) is 0.343. The second kappa shape index (κ2) is 20.9. The molecule has 0 aliphatic carbocycles. The van der Waals surface area contributed by atoms with Crippen LogP contribution in [0.15, 0.2) is 0 Å². The van der Waals surface area contributed by atoms with Gasteiger partial charge in [-0.15, -0.1) is 0 Å². The number of hydrogen-bond donors (Lipinski definition) is 0. The molecule has 114 valence electrons. The van der Waals surface area contributed by atoms with Crippen molar-refractivity contribution in [3.05, 3.63) is 0 Å². The van der Waals surface area contributed by atoms with Crippen LogP contribution in [0.25, 0.3) is 0 Å². The molecule has 2 unspecified atom stereocenters. The van der Waals surface area contributed by atoms with Crippen LogP contribution in [0.5, 0.6) is 0 Å². The number of unbranched alkanes of at least 4 members (excludes halogenated alkanes) is 6. The summed E-state index contributed by atoms with van der Waals surface area (Å²) >= 11 is 0. The fourth-order valence-electron chi connectivity index (χ4n) is 1.34. The first-order valence-electron chi connectivity index (χ1n) is 6.78. The molecule has 0 aliphatic rings. The van der Waals surface area contributed by atoms with Crippen molar-refractivity contribution in [2.75, 3.05) is 12.3 Å². The van der Waals surface area contributed by atoms with E-state index in [9.17, 15) is 18.9 Å². The van der Waals surface area contributed by atoms with Gasteiger partial charge in [-0.3, -0.25) is 0 Å². The third kappa shape index (κ3) is 32.3. The minimum absolute atomic E-state index is 0. The summed E-state index contributed by atoms with van der Waals surface area (Å²) < 4.78 is 20.0. The summed E-state index contributed by atoms with van der Waals surface area (Å²) in [7, 11) is -4.23. The number of rotatable bonds is 10. The molecule has 0 rings (SSSR count). The summed E-state index contributed by atoms with van der Waals surface area (Å²) in [5.41, 5.74) is 0. The van der Waals surface area contributed by atoms with Gasteiger partial charge in [0.1, 0.15) is 12.3 Å². The van der Waals surface area contributed by atoms with Gasteiger partial charge in [-0.1, -0.05) is 48.7 Å². The maximum atomic E-state index is 10.00. The summed E-state index contributed by atoms with van der Waals surface area (Å²) in [6, 6.07) is 0. The van der Waals surface area contributed by atoms with Crippen LogP contribution < -0.4 is 9.79 Å². The van der Waals surface area contributed by atoms with E-state index in [2.05, 4.69) is 13.8 Å². The van der Waals surface area contributed by atoms with Crippen LogP contribution in [0.4, 0.5) is 0 Å². The largest absolute Gasteiger partial charge is 2.00 e.